The summed E-state index contributed by atoms with van der Waals surface area (Å²) in [6.07, 6.45) is 9.45. The molecule has 0 bridgehead atoms. The van der Waals surface area contributed by atoms with Crippen molar-refractivity contribution in [1.82, 2.24) is 0 Å². The van der Waals surface area contributed by atoms with Crippen LogP contribution in [0, 0.1) is 17.8 Å². The summed E-state index contributed by atoms with van der Waals surface area (Å²) in [7, 11) is 0. The van der Waals surface area contributed by atoms with Crippen molar-refractivity contribution in [2.75, 3.05) is 0 Å². The molecule has 0 N–H and O–H groups in total. The topological polar surface area (TPSA) is 0 Å². The number of hydrogen-bond donors (Lipinski definition) is 0. The van der Waals surface area contributed by atoms with Crippen LogP contribution >= 0.6 is 0 Å². The van der Waals surface area contributed by atoms with Crippen molar-refractivity contribution in [3.8, 4) is 0 Å². The van der Waals surface area contributed by atoms with Crippen LogP contribution in [0.15, 0.2) is 11.6 Å². The predicted octanol–water partition coefficient (Wildman–Crippen LogP) is 4.81. The Morgan fingerprint density at radius 1 is 1.29 bits per heavy atom. The highest BCUT2D eigenvalue weighted by Crippen LogP contribution is 2.33. The maximum atomic E-state index is 2.60. The van der Waals surface area contributed by atoms with Gasteiger partial charge in [0.2, 0.25) is 0 Å². The minimum atomic E-state index is 0.821. The van der Waals surface area contributed by atoms with Crippen LogP contribution in [-0.2, 0) is 0 Å². The third kappa shape index (κ3) is 2.87. The third-order valence-corrected chi connectivity index (χ3v) is 4.05. The highest BCUT2D eigenvalue weighted by Gasteiger charge is 2.20. The quantitative estimate of drug-likeness (QED) is 0.564. The molecule has 0 saturated heterocycles. The van der Waals surface area contributed by atoms with Crippen LogP contribution in [0.25, 0.3) is 0 Å². The van der Waals surface area contributed by atoms with Crippen LogP contribution in [0.2, 0.25) is 0 Å². The van der Waals surface area contributed by atoms with Crippen molar-refractivity contribution in [1.29, 1.82) is 0 Å². The highest BCUT2D eigenvalue weighted by molar-refractivity contribution is 5.11. The molecule has 1 aliphatic carbocycles. The lowest BCUT2D eigenvalue weighted by molar-refractivity contribution is 0.361. The Balaban J connectivity index is 2.63. The fraction of sp³-hybridized carbons (Fsp3) is 0.857. The average molecular weight is 194 g/mol. The van der Waals surface area contributed by atoms with Crippen LogP contribution < -0.4 is 0 Å². The molecule has 0 heteroatoms. The van der Waals surface area contributed by atoms with E-state index in [0.29, 0.717) is 0 Å². The van der Waals surface area contributed by atoms with Crippen LogP contribution in [0.1, 0.15) is 59.8 Å². The van der Waals surface area contributed by atoms with Gasteiger partial charge in [-0.05, 0) is 43.4 Å². The van der Waals surface area contributed by atoms with Crippen molar-refractivity contribution in [2.24, 2.45) is 17.8 Å². The Morgan fingerprint density at radius 2 is 2.00 bits per heavy atom. The van der Waals surface area contributed by atoms with Gasteiger partial charge in [0.15, 0.2) is 0 Å². The van der Waals surface area contributed by atoms with Crippen molar-refractivity contribution in [3.05, 3.63) is 11.6 Å². The summed E-state index contributed by atoms with van der Waals surface area (Å²) >= 11 is 0. The van der Waals surface area contributed by atoms with Gasteiger partial charge in [0.25, 0.3) is 0 Å². The fourth-order valence-electron chi connectivity index (χ4n) is 2.41. The largest absolute Gasteiger partial charge is 0.0817 e. The lowest BCUT2D eigenvalue weighted by Gasteiger charge is -2.28. The second kappa shape index (κ2) is 5.58. The second-order valence-electron chi connectivity index (χ2n) is 4.99. The predicted molar refractivity (Wildman–Crippen MR) is 64.3 cm³/mol. The zero-order valence-electron chi connectivity index (χ0n) is 10.3. The standard InChI is InChI=1S/C14H26/c1-5-11(3)13-8-7-9-14(10-13)12(4)6-2/h10-13H,5-9H2,1-4H3. The van der Waals surface area contributed by atoms with Gasteiger partial charge in [-0.15, -0.1) is 0 Å². The van der Waals surface area contributed by atoms with Crippen LogP contribution in [0.4, 0.5) is 0 Å². The molecule has 1 rings (SSSR count). The molecule has 0 saturated carbocycles. The summed E-state index contributed by atoms with van der Waals surface area (Å²) in [5, 5.41) is 0. The molecule has 82 valence electrons. The Morgan fingerprint density at radius 3 is 2.57 bits per heavy atom. The zero-order chi connectivity index (χ0) is 10.6. The van der Waals surface area contributed by atoms with E-state index in [1.165, 1.54) is 32.1 Å². The van der Waals surface area contributed by atoms with Crippen LogP contribution in [0.3, 0.4) is 0 Å². The first kappa shape index (κ1) is 11.8. The van der Waals surface area contributed by atoms with Gasteiger partial charge in [0, 0.05) is 0 Å². The highest BCUT2D eigenvalue weighted by atomic mass is 14.3. The normalized spacial score (nSPS) is 26.9. The summed E-state index contributed by atoms with van der Waals surface area (Å²) in [5.41, 5.74) is 1.74. The molecule has 0 aromatic carbocycles. The summed E-state index contributed by atoms with van der Waals surface area (Å²) in [6, 6.07) is 0. The van der Waals surface area contributed by atoms with Crippen molar-refractivity contribution < 1.29 is 0 Å². The Kier molecular flexibility index (Phi) is 4.71. The smallest absolute Gasteiger partial charge is 0.0205 e. The van der Waals surface area contributed by atoms with Gasteiger partial charge < -0.3 is 0 Å². The number of rotatable bonds is 4. The average Bonchev–Trinajstić information content (AvgIpc) is 2.27. The SMILES string of the molecule is CCC(C)C1=CC(C(C)CC)CCC1. The van der Waals surface area contributed by atoms with Gasteiger partial charge in [0.05, 0.1) is 0 Å². The van der Waals surface area contributed by atoms with Crippen molar-refractivity contribution >= 4 is 0 Å². The monoisotopic (exact) mass is 194 g/mol. The Hall–Kier alpha value is -0.260. The lowest BCUT2D eigenvalue weighted by Crippen LogP contribution is -2.15. The molecule has 3 unspecified atom stereocenters. The molecule has 0 amide bonds. The molecule has 3 atom stereocenters. The maximum Gasteiger partial charge on any atom is -0.0205 e. The third-order valence-electron chi connectivity index (χ3n) is 4.05. The lowest BCUT2D eigenvalue weighted by atomic mass is 9.78. The molecule has 1 aliphatic rings. The van der Waals surface area contributed by atoms with E-state index in [-0.39, 0.29) is 0 Å². The van der Waals surface area contributed by atoms with Gasteiger partial charge in [-0.3, -0.25) is 0 Å². The molecule has 0 heterocycles. The van der Waals surface area contributed by atoms with Gasteiger partial charge in [0.1, 0.15) is 0 Å². The van der Waals surface area contributed by atoms with E-state index in [9.17, 15) is 0 Å². The minimum Gasteiger partial charge on any atom is -0.0817 e. The van der Waals surface area contributed by atoms with E-state index in [1.807, 2.05) is 0 Å². The molecule has 0 fully saturated rings. The van der Waals surface area contributed by atoms with Crippen LogP contribution in [0.5, 0.6) is 0 Å². The zero-order valence-corrected chi connectivity index (χ0v) is 10.3. The van der Waals surface area contributed by atoms with E-state index < -0.39 is 0 Å². The van der Waals surface area contributed by atoms with E-state index in [1.54, 1.807) is 5.57 Å². The van der Waals surface area contributed by atoms with Gasteiger partial charge in [-0.25, -0.2) is 0 Å². The number of hydrogen-bond acceptors (Lipinski definition) is 0. The Labute approximate surface area is 89.8 Å². The van der Waals surface area contributed by atoms with E-state index >= 15 is 0 Å². The van der Waals surface area contributed by atoms with E-state index in [0.717, 1.165) is 17.8 Å². The van der Waals surface area contributed by atoms with E-state index in [2.05, 4.69) is 33.8 Å². The first-order valence-corrected chi connectivity index (χ1v) is 6.39. The van der Waals surface area contributed by atoms with Gasteiger partial charge in [-0.1, -0.05) is 45.8 Å². The van der Waals surface area contributed by atoms with Crippen molar-refractivity contribution in [2.45, 2.75) is 59.8 Å². The molecule has 0 radical (unpaired) electrons. The van der Waals surface area contributed by atoms with Crippen molar-refractivity contribution in [3.63, 3.8) is 0 Å². The maximum absolute atomic E-state index is 2.60. The van der Waals surface area contributed by atoms with E-state index in [4.69, 9.17) is 0 Å². The first-order chi connectivity index (χ1) is 6.69. The molecular formula is C14H26. The molecule has 0 spiro atoms. The summed E-state index contributed by atoms with van der Waals surface area (Å²) in [6.45, 7) is 9.40. The molecule has 0 aromatic rings. The molecule has 0 aromatic heterocycles. The fourth-order valence-corrected chi connectivity index (χ4v) is 2.41. The number of allylic oxidation sites excluding steroid dienone is 2. The molecule has 0 aliphatic heterocycles. The second-order valence-corrected chi connectivity index (χ2v) is 4.99. The minimum absolute atomic E-state index is 0.821. The Bertz CT molecular complexity index is 190. The molecule has 0 nitrogen and oxygen atoms in total. The van der Waals surface area contributed by atoms with Gasteiger partial charge in [-0.2, -0.15) is 0 Å². The van der Waals surface area contributed by atoms with Crippen LogP contribution in [-0.4, -0.2) is 0 Å². The molecule has 14 heavy (non-hydrogen) atoms. The summed E-state index contributed by atoms with van der Waals surface area (Å²) in [5.74, 6) is 2.58. The summed E-state index contributed by atoms with van der Waals surface area (Å²) in [4.78, 5) is 0. The molecular weight excluding hydrogens is 168 g/mol. The van der Waals surface area contributed by atoms with Gasteiger partial charge >= 0.3 is 0 Å². The summed E-state index contributed by atoms with van der Waals surface area (Å²) < 4.78 is 0. The first-order valence-electron chi connectivity index (χ1n) is 6.39.